The molecule has 2 fully saturated rings. The molecule has 2 unspecified atom stereocenters. The molecule has 5 nitrogen and oxygen atoms in total. The van der Waals surface area contributed by atoms with Gasteiger partial charge in [-0.15, -0.1) is 0 Å². The zero-order chi connectivity index (χ0) is 12.6. The summed E-state index contributed by atoms with van der Waals surface area (Å²) in [5.74, 6) is 0. The molecule has 0 aromatic heterocycles. The second-order valence-corrected chi connectivity index (χ2v) is 6.19. The molecule has 98 valence electrons. The van der Waals surface area contributed by atoms with Gasteiger partial charge in [0.25, 0.3) is 0 Å². The third-order valence-electron chi connectivity index (χ3n) is 3.12. The first-order valence-electron chi connectivity index (χ1n) is 6.34. The van der Waals surface area contributed by atoms with Gasteiger partial charge in [0, 0.05) is 24.2 Å². The monoisotopic (exact) mass is 241 g/mol. The van der Waals surface area contributed by atoms with Crippen molar-refractivity contribution in [1.29, 1.82) is 0 Å². The van der Waals surface area contributed by atoms with Gasteiger partial charge < -0.3 is 21.1 Å². The summed E-state index contributed by atoms with van der Waals surface area (Å²) >= 11 is 0. The van der Waals surface area contributed by atoms with E-state index in [1.807, 2.05) is 20.8 Å². The lowest BCUT2D eigenvalue weighted by molar-refractivity contribution is 0.0521. The molecule has 0 aromatic carbocycles. The van der Waals surface area contributed by atoms with E-state index >= 15 is 0 Å². The van der Waals surface area contributed by atoms with E-state index in [2.05, 4.69) is 10.6 Å². The molecule has 2 saturated carbocycles. The largest absolute Gasteiger partial charge is 0.444 e. The number of carbonyl (C=O) groups excluding carboxylic acids is 1. The number of nitrogens with two attached hydrogens (primary N) is 1. The van der Waals surface area contributed by atoms with E-state index in [1.54, 1.807) is 0 Å². The maximum Gasteiger partial charge on any atom is 0.407 e. The summed E-state index contributed by atoms with van der Waals surface area (Å²) in [6.07, 6.45) is 2.77. The van der Waals surface area contributed by atoms with Gasteiger partial charge >= 0.3 is 6.09 Å². The van der Waals surface area contributed by atoms with Crippen molar-refractivity contribution >= 4 is 6.09 Å². The minimum Gasteiger partial charge on any atom is -0.444 e. The van der Waals surface area contributed by atoms with E-state index in [-0.39, 0.29) is 12.1 Å². The van der Waals surface area contributed by atoms with Crippen LogP contribution in [0, 0.1) is 0 Å². The smallest absolute Gasteiger partial charge is 0.407 e. The molecule has 0 aliphatic heterocycles. The summed E-state index contributed by atoms with van der Waals surface area (Å²) in [5, 5.41) is 6.36. The van der Waals surface area contributed by atoms with E-state index in [1.165, 1.54) is 0 Å². The molecule has 2 rings (SSSR count). The first-order chi connectivity index (χ1) is 7.83. The molecule has 0 radical (unpaired) electrons. The number of ether oxygens (including phenoxy) is 1. The predicted molar refractivity (Wildman–Crippen MR) is 65.7 cm³/mol. The lowest BCUT2D eigenvalue weighted by atomic mass is 9.87. The molecule has 0 aromatic rings. The van der Waals surface area contributed by atoms with E-state index in [0.29, 0.717) is 18.1 Å². The zero-order valence-electron chi connectivity index (χ0n) is 10.8. The SMILES string of the molecule is CC(C)(C)OC(=O)NC1CC1NC1CC(N)C1. The normalized spacial score (nSPS) is 36.0. The van der Waals surface area contributed by atoms with Gasteiger partial charge in [-0.1, -0.05) is 0 Å². The summed E-state index contributed by atoms with van der Waals surface area (Å²) in [6.45, 7) is 5.60. The predicted octanol–water partition coefficient (Wildman–Crippen LogP) is 0.731. The highest BCUT2D eigenvalue weighted by molar-refractivity contribution is 5.68. The topological polar surface area (TPSA) is 76.4 Å². The van der Waals surface area contributed by atoms with Gasteiger partial charge in [-0.2, -0.15) is 0 Å². The third kappa shape index (κ3) is 3.85. The minimum absolute atomic E-state index is 0.224. The Bertz CT molecular complexity index is 295. The van der Waals surface area contributed by atoms with Crippen LogP contribution >= 0.6 is 0 Å². The Hall–Kier alpha value is -0.810. The number of alkyl carbamates (subject to hydrolysis) is 1. The second kappa shape index (κ2) is 4.46. The van der Waals surface area contributed by atoms with Crippen molar-refractivity contribution in [2.24, 2.45) is 5.73 Å². The first-order valence-corrected chi connectivity index (χ1v) is 6.34. The Morgan fingerprint density at radius 2 is 1.88 bits per heavy atom. The van der Waals surface area contributed by atoms with Gasteiger partial charge in [0.05, 0.1) is 0 Å². The molecular weight excluding hydrogens is 218 g/mol. The van der Waals surface area contributed by atoms with Crippen molar-refractivity contribution in [3.05, 3.63) is 0 Å². The molecule has 2 atom stereocenters. The van der Waals surface area contributed by atoms with Gasteiger partial charge in [-0.25, -0.2) is 4.79 Å². The fourth-order valence-electron chi connectivity index (χ4n) is 2.10. The van der Waals surface area contributed by atoms with Crippen LogP contribution in [0.25, 0.3) is 0 Å². The number of amides is 1. The van der Waals surface area contributed by atoms with Crippen LogP contribution in [-0.2, 0) is 4.74 Å². The summed E-state index contributed by atoms with van der Waals surface area (Å²) < 4.78 is 5.20. The molecule has 1 amide bonds. The standard InChI is InChI=1S/C12H23N3O2/c1-12(2,3)17-11(16)15-10-6-9(10)14-8-4-7(13)5-8/h7-10,14H,4-6,13H2,1-3H3,(H,15,16). The average Bonchev–Trinajstić information content (AvgIpc) is 2.76. The van der Waals surface area contributed by atoms with Crippen LogP contribution in [0.2, 0.25) is 0 Å². The van der Waals surface area contributed by atoms with Crippen LogP contribution in [0.5, 0.6) is 0 Å². The fraction of sp³-hybridized carbons (Fsp3) is 0.917. The first kappa shape index (κ1) is 12.6. The van der Waals surface area contributed by atoms with E-state index in [0.717, 1.165) is 19.3 Å². The summed E-state index contributed by atoms with van der Waals surface area (Å²) in [6, 6.07) is 1.53. The van der Waals surface area contributed by atoms with Gasteiger partial charge in [0.2, 0.25) is 0 Å². The number of carbonyl (C=O) groups is 1. The van der Waals surface area contributed by atoms with Crippen molar-refractivity contribution in [1.82, 2.24) is 10.6 Å². The van der Waals surface area contributed by atoms with Crippen molar-refractivity contribution in [3.63, 3.8) is 0 Å². The Kier molecular flexibility index (Phi) is 3.32. The molecule has 5 heteroatoms. The maximum absolute atomic E-state index is 11.5. The Morgan fingerprint density at radius 1 is 1.24 bits per heavy atom. The van der Waals surface area contributed by atoms with Crippen LogP contribution in [0.1, 0.15) is 40.0 Å². The summed E-state index contributed by atoms with van der Waals surface area (Å²) in [4.78, 5) is 11.5. The van der Waals surface area contributed by atoms with Crippen LogP contribution in [-0.4, -0.2) is 35.9 Å². The van der Waals surface area contributed by atoms with Gasteiger partial charge in [-0.05, 0) is 40.0 Å². The van der Waals surface area contributed by atoms with Crippen molar-refractivity contribution in [2.45, 2.75) is 69.8 Å². The molecule has 2 aliphatic rings. The van der Waals surface area contributed by atoms with Crippen LogP contribution in [0.4, 0.5) is 4.79 Å². The number of nitrogens with one attached hydrogen (secondary N) is 2. The van der Waals surface area contributed by atoms with E-state index in [4.69, 9.17) is 10.5 Å². The molecule has 0 heterocycles. The molecular formula is C12H23N3O2. The number of hydrogen-bond donors (Lipinski definition) is 3. The fourth-order valence-corrected chi connectivity index (χ4v) is 2.10. The quantitative estimate of drug-likeness (QED) is 0.681. The number of rotatable bonds is 3. The minimum atomic E-state index is -0.428. The lowest BCUT2D eigenvalue weighted by Gasteiger charge is -2.33. The summed E-state index contributed by atoms with van der Waals surface area (Å²) in [5.41, 5.74) is 5.29. The van der Waals surface area contributed by atoms with Crippen molar-refractivity contribution in [2.75, 3.05) is 0 Å². The molecule has 17 heavy (non-hydrogen) atoms. The Balaban J connectivity index is 1.61. The van der Waals surface area contributed by atoms with Crippen LogP contribution < -0.4 is 16.4 Å². The van der Waals surface area contributed by atoms with Crippen LogP contribution in [0.3, 0.4) is 0 Å². The van der Waals surface area contributed by atoms with Crippen molar-refractivity contribution < 1.29 is 9.53 Å². The number of hydrogen-bond acceptors (Lipinski definition) is 4. The van der Waals surface area contributed by atoms with Gasteiger partial charge in [0.1, 0.15) is 5.60 Å². The molecule has 0 saturated heterocycles. The van der Waals surface area contributed by atoms with E-state index in [9.17, 15) is 4.79 Å². The van der Waals surface area contributed by atoms with Crippen molar-refractivity contribution in [3.8, 4) is 0 Å². The lowest BCUT2D eigenvalue weighted by Crippen LogP contribution is -2.50. The third-order valence-corrected chi connectivity index (χ3v) is 3.12. The molecule has 2 aliphatic carbocycles. The van der Waals surface area contributed by atoms with Gasteiger partial charge in [-0.3, -0.25) is 0 Å². The molecule has 0 bridgehead atoms. The second-order valence-electron chi connectivity index (χ2n) is 6.19. The average molecular weight is 241 g/mol. The highest BCUT2D eigenvalue weighted by Gasteiger charge is 2.42. The van der Waals surface area contributed by atoms with Gasteiger partial charge in [0.15, 0.2) is 0 Å². The molecule has 0 spiro atoms. The molecule has 4 N–H and O–H groups in total. The Morgan fingerprint density at radius 3 is 2.41 bits per heavy atom. The van der Waals surface area contributed by atoms with Crippen LogP contribution in [0.15, 0.2) is 0 Å². The zero-order valence-corrected chi connectivity index (χ0v) is 10.8. The Labute approximate surface area is 102 Å². The van der Waals surface area contributed by atoms with E-state index < -0.39 is 5.60 Å². The maximum atomic E-state index is 11.5. The highest BCUT2D eigenvalue weighted by Crippen LogP contribution is 2.27. The summed E-state index contributed by atoms with van der Waals surface area (Å²) in [7, 11) is 0. The highest BCUT2D eigenvalue weighted by atomic mass is 16.6.